The van der Waals surface area contributed by atoms with E-state index in [2.05, 4.69) is 19.1 Å². The zero-order valence-electron chi connectivity index (χ0n) is 14.7. The van der Waals surface area contributed by atoms with Crippen LogP contribution in [0, 0.1) is 40.9 Å². The van der Waals surface area contributed by atoms with E-state index in [9.17, 15) is 4.79 Å². The van der Waals surface area contributed by atoms with Crippen LogP contribution >= 0.6 is 0 Å². The lowest BCUT2D eigenvalue weighted by Crippen LogP contribution is -2.54. The van der Waals surface area contributed by atoms with Crippen LogP contribution in [0.25, 0.3) is 0 Å². The van der Waals surface area contributed by atoms with Crippen LogP contribution in [-0.2, 0) is 9.53 Å². The first kappa shape index (κ1) is 14.3. The van der Waals surface area contributed by atoms with E-state index in [-0.39, 0.29) is 5.60 Å². The van der Waals surface area contributed by atoms with Crippen molar-refractivity contribution in [2.24, 2.45) is 40.9 Å². The summed E-state index contributed by atoms with van der Waals surface area (Å²) in [5, 5.41) is 0. The van der Waals surface area contributed by atoms with E-state index in [1.807, 2.05) is 6.08 Å². The number of rotatable bonds is 0. The zero-order chi connectivity index (χ0) is 16.1. The van der Waals surface area contributed by atoms with Gasteiger partial charge < -0.3 is 4.74 Å². The monoisotopic (exact) mass is 324 g/mol. The lowest BCUT2D eigenvalue weighted by atomic mass is 9.49. The fourth-order valence-corrected chi connectivity index (χ4v) is 8.25. The van der Waals surface area contributed by atoms with Crippen molar-refractivity contribution in [2.45, 2.75) is 57.5 Å². The highest BCUT2D eigenvalue weighted by atomic mass is 16.5. The van der Waals surface area contributed by atoms with Crippen molar-refractivity contribution in [3.63, 3.8) is 0 Å². The minimum Gasteiger partial charge on any atom is -0.366 e. The van der Waals surface area contributed by atoms with E-state index < -0.39 is 0 Å². The van der Waals surface area contributed by atoms with Gasteiger partial charge >= 0.3 is 0 Å². The van der Waals surface area contributed by atoms with Gasteiger partial charge in [-0.2, -0.15) is 0 Å². The molecule has 1 aliphatic heterocycles. The Bertz CT molecular complexity index is 675. The second-order valence-corrected chi connectivity index (χ2v) is 9.69. The molecule has 24 heavy (non-hydrogen) atoms. The Morgan fingerprint density at radius 1 is 1.12 bits per heavy atom. The van der Waals surface area contributed by atoms with Crippen molar-refractivity contribution < 1.29 is 9.53 Å². The normalized spacial score (nSPS) is 57.2. The van der Waals surface area contributed by atoms with E-state index in [1.165, 1.54) is 37.7 Å². The van der Waals surface area contributed by atoms with Gasteiger partial charge in [-0.05, 0) is 80.1 Å². The van der Waals surface area contributed by atoms with E-state index in [4.69, 9.17) is 4.74 Å². The van der Waals surface area contributed by atoms with Crippen molar-refractivity contribution in [2.75, 3.05) is 6.61 Å². The third kappa shape index (κ3) is 1.51. The first-order valence-corrected chi connectivity index (χ1v) is 10.2. The molecule has 0 saturated heterocycles. The van der Waals surface area contributed by atoms with Crippen molar-refractivity contribution in [3.05, 3.63) is 23.8 Å². The molecule has 0 bridgehead atoms. The van der Waals surface area contributed by atoms with Gasteiger partial charge in [0.1, 0.15) is 0 Å². The molecule has 2 heteroatoms. The molecular weight excluding hydrogens is 296 g/mol. The number of carbonyl (C=O) groups excluding carboxylic acids is 1. The fourth-order valence-electron chi connectivity index (χ4n) is 8.25. The Morgan fingerprint density at radius 2 is 2.04 bits per heavy atom. The highest BCUT2D eigenvalue weighted by Crippen LogP contribution is 2.77. The summed E-state index contributed by atoms with van der Waals surface area (Å²) in [6.45, 7) is 3.39. The van der Waals surface area contributed by atoms with Crippen LogP contribution in [0.4, 0.5) is 0 Å². The summed E-state index contributed by atoms with van der Waals surface area (Å²) in [4.78, 5) is 11.8. The van der Waals surface area contributed by atoms with Gasteiger partial charge in [-0.3, -0.25) is 4.79 Å². The second-order valence-electron chi connectivity index (χ2n) is 9.69. The average Bonchev–Trinajstić information content (AvgIpc) is 3.13. The molecule has 5 unspecified atom stereocenters. The standard InChI is InChI=1S/C22H28O2/c1-21-9-7-16-15-6-4-14(23)11-13(15)3-5-17(16)20(21)18-12-19(18)22(21)8-2-10-24-22/h2,8,11,15-20H,3-7,9-10,12H2,1H3/t15-,16?,17?,18?,19?,20?,21-,22-/m0/s1. The molecule has 4 fully saturated rings. The van der Waals surface area contributed by atoms with Gasteiger partial charge in [0.15, 0.2) is 5.78 Å². The molecule has 1 heterocycles. The average molecular weight is 324 g/mol. The van der Waals surface area contributed by atoms with Crippen LogP contribution in [0.5, 0.6) is 0 Å². The lowest BCUT2D eigenvalue weighted by Gasteiger charge is -2.57. The molecule has 6 rings (SSSR count). The molecule has 0 N–H and O–H groups in total. The Kier molecular flexibility index (Phi) is 2.64. The molecule has 0 aromatic heterocycles. The Hall–Kier alpha value is -0.890. The van der Waals surface area contributed by atoms with E-state index in [0.717, 1.165) is 55.0 Å². The number of hydrogen-bond acceptors (Lipinski definition) is 2. The summed E-state index contributed by atoms with van der Waals surface area (Å²) in [6, 6.07) is 0. The van der Waals surface area contributed by atoms with Gasteiger partial charge in [0.05, 0.1) is 12.2 Å². The first-order chi connectivity index (χ1) is 11.6. The van der Waals surface area contributed by atoms with E-state index in [0.29, 0.717) is 11.2 Å². The molecule has 5 aliphatic carbocycles. The third-order valence-electron chi connectivity index (χ3n) is 9.08. The summed E-state index contributed by atoms with van der Waals surface area (Å²) < 4.78 is 6.46. The van der Waals surface area contributed by atoms with Crippen molar-refractivity contribution >= 4 is 5.78 Å². The number of ether oxygens (including phenoxy) is 1. The molecule has 0 aromatic carbocycles. The highest BCUT2D eigenvalue weighted by molar-refractivity contribution is 5.91. The van der Waals surface area contributed by atoms with Crippen LogP contribution in [0.3, 0.4) is 0 Å². The maximum Gasteiger partial charge on any atom is 0.155 e. The summed E-state index contributed by atoms with van der Waals surface area (Å²) in [5.41, 5.74) is 1.94. The minimum atomic E-state index is 0.0753. The van der Waals surface area contributed by atoms with Crippen LogP contribution in [0.2, 0.25) is 0 Å². The van der Waals surface area contributed by atoms with Crippen molar-refractivity contribution in [1.82, 2.24) is 0 Å². The van der Waals surface area contributed by atoms with Gasteiger partial charge in [0.2, 0.25) is 0 Å². The van der Waals surface area contributed by atoms with E-state index >= 15 is 0 Å². The largest absolute Gasteiger partial charge is 0.366 e. The zero-order valence-corrected chi connectivity index (χ0v) is 14.7. The molecule has 4 saturated carbocycles. The topological polar surface area (TPSA) is 26.3 Å². The van der Waals surface area contributed by atoms with Crippen LogP contribution in [-0.4, -0.2) is 18.0 Å². The summed E-state index contributed by atoms with van der Waals surface area (Å²) in [7, 11) is 0. The van der Waals surface area contributed by atoms with E-state index in [1.54, 1.807) is 0 Å². The molecule has 0 radical (unpaired) electrons. The number of allylic oxidation sites excluding steroid dienone is 1. The first-order valence-electron chi connectivity index (χ1n) is 10.2. The van der Waals surface area contributed by atoms with Gasteiger partial charge in [0, 0.05) is 11.8 Å². The minimum absolute atomic E-state index is 0.0753. The van der Waals surface area contributed by atoms with Gasteiger partial charge in [-0.1, -0.05) is 24.6 Å². The van der Waals surface area contributed by atoms with Crippen LogP contribution < -0.4 is 0 Å². The summed E-state index contributed by atoms with van der Waals surface area (Å²) in [5.74, 6) is 5.41. The lowest BCUT2D eigenvalue weighted by molar-refractivity contribution is -0.132. The molecule has 8 atom stereocenters. The van der Waals surface area contributed by atoms with Gasteiger partial charge in [-0.15, -0.1) is 0 Å². The van der Waals surface area contributed by atoms with Crippen LogP contribution in [0.1, 0.15) is 51.9 Å². The third-order valence-corrected chi connectivity index (χ3v) is 9.08. The molecule has 128 valence electrons. The molecule has 0 aromatic rings. The predicted molar refractivity (Wildman–Crippen MR) is 92.3 cm³/mol. The molecule has 1 spiro atoms. The Morgan fingerprint density at radius 3 is 2.88 bits per heavy atom. The van der Waals surface area contributed by atoms with Crippen LogP contribution in [0.15, 0.2) is 23.8 Å². The molecule has 0 amide bonds. The summed E-state index contributed by atoms with van der Waals surface area (Å²) in [6.07, 6.45) is 15.3. The SMILES string of the molecule is C[C@]12CCC3C(CCC4=CC(=O)CC[C@@H]43)C1C1CC1[C@@]21C=CCO1. The smallest absolute Gasteiger partial charge is 0.155 e. The van der Waals surface area contributed by atoms with Crippen molar-refractivity contribution in [3.8, 4) is 0 Å². The quantitative estimate of drug-likeness (QED) is 0.621. The molecule has 6 aliphatic rings. The van der Waals surface area contributed by atoms with Crippen molar-refractivity contribution in [1.29, 1.82) is 0 Å². The second kappa shape index (κ2) is 4.44. The fraction of sp³-hybridized carbons (Fsp3) is 0.773. The predicted octanol–water partition coefficient (Wildman–Crippen LogP) is 4.31. The molecular formula is C22H28O2. The number of carbonyl (C=O) groups is 1. The number of hydrogen-bond donors (Lipinski definition) is 0. The number of fused-ring (bicyclic) bond motifs is 9. The maximum atomic E-state index is 11.8. The Labute approximate surface area is 144 Å². The summed E-state index contributed by atoms with van der Waals surface area (Å²) >= 11 is 0. The van der Waals surface area contributed by atoms with Gasteiger partial charge in [0.25, 0.3) is 0 Å². The number of ketones is 1. The highest BCUT2D eigenvalue weighted by Gasteiger charge is 2.76. The van der Waals surface area contributed by atoms with Gasteiger partial charge in [-0.25, -0.2) is 0 Å². The molecule has 2 nitrogen and oxygen atoms in total. The Balaban J connectivity index is 1.38. The maximum absolute atomic E-state index is 11.8.